The highest BCUT2D eigenvalue weighted by Gasteiger charge is 2.64. The zero-order chi connectivity index (χ0) is 15.2. The molecule has 2 heterocycles. The van der Waals surface area contributed by atoms with E-state index < -0.39 is 35.5 Å². The van der Waals surface area contributed by atoms with Gasteiger partial charge in [-0.2, -0.15) is 13.2 Å². The number of nitrogens with zero attached hydrogens (tertiary/aromatic N) is 1. The van der Waals surface area contributed by atoms with E-state index in [1.165, 1.54) is 13.8 Å². The van der Waals surface area contributed by atoms with Crippen molar-refractivity contribution in [2.45, 2.75) is 32.0 Å². The predicted octanol–water partition coefficient (Wildman–Crippen LogP) is 0.265. The fourth-order valence-electron chi connectivity index (χ4n) is 2.75. The number of halogens is 3. The van der Waals surface area contributed by atoms with Crippen LogP contribution in [0.4, 0.5) is 13.2 Å². The Hall–Kier alpha value is -1.31. The molecule has 0 aliphatic carbocycles. The summed E-state index contributed by atoms with van der Waals surface area (Å²) >= 11 is 0. The van der Waals surface area contributed by atoms with Crippen molar-refractivity contribution < 1.29 is 22.8 Å². The second kappa shape index (κ2) is 4.61. The maximum Gasteiger partial charge on any atom is 0.404 e. The number of carbonyl (C=O) groups excluding carboxylic acids is 2. The summed E-state index contributed by atoms with van der Waals surface area (Å²) < 4.78 is 40.1. The van der Waals surface area contributed by atoms with Gasteiger partial charge in [0, 0.05) is 19.6 Å². The van der Waals surface area contributed by atoms with Gasteiger partial charge in [-0.15, -0.1) is 0 Å². The van der Waals surface area contributed by atoms with Gasteiger partial charge in [0.2, 0.25) is 11.8 Å². The predicted molar refractivity (Wildman–Crippen MR) is 64.8 cm³/mol. The van der Waals surface area contributed by atoms with Crippen molar-refractivity contribution in [3.63, 3.8) is 0 Å². The molecule has 0 aromatic carbocycles. The third-order valence-electron chi connectivity index (χ3n) is 4.20. The molecule has 0 saturated carbocycles. The molecule has 2 rings (SSSR count). The number of rotatable bonds is 1. The monoisotopic (exact) mass is 293 g/mol. The third-order valence-corrected chi connectivity index (χ3v) is 4.20. The third kappa shape index (κ3) is 2.06. The number of amides is 2. The highest BCUT2D eigenvalue weighted by molar-refractivity contribution is 5.94. The van der Waals surface area contributed by atoms with Crippen molar-refractivity contribution in [3.8, 4) is 0 Å². The molecule has 20 heavy (non-hydrogen) atoms. The first-order valence-electron chi connectivity index (χ1n) is 6.51. The fraction of sp³-hybridized carbons (Fsp3) is 0.833. The van der Waals surface area contributed by atoms with E-state index in [4.69, 9.17) is 0 Å². The summed E-state index contributed by atoms with van der Waals surface area (Å²) in [5, 5.41) is 5.18. The molecule has 2 amide bonds. The maximum atomic E-state index is 13.4. The van der Waals surface area contributed by atoms with E-state index in [0.29, 0.717) is 0 Å². The average molecular weight is 293 g/mol. The van der Waals surface area contributed by atoms with Gasteiger partial charge in [-0.25, -0.2) is 0 Å². The summed E-state index contributed by atoms with van der Waals surface area (Å²) in [7, 11) is 0. The van der Waals surface area contributed by atoms with Gasteiger partial charge in [-0.05, 0) is 26.8 Å². The van der Waals surface area contributed by atoms with Gasteiger partial charge in [0.1, 0.15) is 5.54 Å². The molecule has 0 aromatic rings. The fourth-order valence-corrected chi connectivity index (χ4v) is 2.75. The number of alkyl halides is 3. The van der Waals surface area contributed by atoms with Crippen molar-refractivity contribution in [2.75, 3.05) is 26.2 Å². The Morgan fingerprint density at radius 3 is 2.45 bits per heavy atom. The van der Waals surface area contributed by atoms with Crippen LogP contribution in [-0.2, 0) is 9.59 Å². The normalized spacial score (nSPS) is 30.2. The lowest BCUT2D eigenvalue weighted by Crippen LogP contribution is -2.67. The molecule has 1 unspecified atom stereocenters. The Morgan fingerprint density at radius 2 is 1.95 bits per heavy atom. The van der Waals surface area contributed by atoms with Crippen LogP contribution >= 0.6 is 0 Å². The summed E-state index contributed by atoms with van der Waals surface area (Å²) in [6.45, 7) is 2.91. The van der Waals surface area contributed by atoms with Crippen LogP contribution in [0, 0.1) is 5.41 Å². The summed E-state index contributed by atoms with van der Waals surface area (Å²) in [4.78, 5) is 25.4. The van der Waals surface area contributed by atoms with E-state index in [9.17, 15) is 22.8 Å². The molecule has 2 aliphatic rings. The molecule has 114 valence electrons. The zero-order valence-corrected chi connectivity index (χ0v) is 11.4. The Kier molecular flexibility index (Phi) is 3.48. The molecule has 2 N–H and O–H groups in total. The number of nitrogens with one attached hydrogen (secondary N) is 2. The van der Waals surface area contributed by atoms with Crippen LogP contribution in [-0.4, -0.2) is 54.6 Å². The molecule has 0 bridgehead atoms. The van der Waals surface area contributed by atoms with Crippen molar-refractivity contribution >= 4 is 11.8 Å². The lowest BCUT2D eigenvalue weighted by molar-refractivity contribution is -0.224. The average Bonchev–Trinajstić information content (AvgIpc) is 2.81. The maximum absolute atomic E-state index is 13.4. The first-order valence-corrected chi connectivity index (χ1v) is 6.51. The molecular formula is C12H18F3N3O2. The van der Waals surface area contributed by atoms with E-state index >= 15 is 0 Å². The highest BCUT2D eigenvalue weighted by atomic mass is 19.4. The number of piperazine rings is 1. The van der Waals surface area contributed by atoms with Gasteiger partial charge in [0.05, 0.1) is 0 Å². The van der Waals surface area contributed by atoms with Gasteiger partial charge in [0.15, 0.2) is 5.41 Å². The van der Waals surface area contributed by atoms with E-state index in [2.05, 4.69) is 10.6 Å². The van der Waals surface area contributed by atoms with Crippen molar-refractivity contribution in [1.82, 2.24) is 15.5 Å². The van der Waals surface area contributed by atoms with Gasteiger partial charge in [-0.1, -0.05) is 0 Å². The quantitative estimate of drug-likeness (QED) is 0.729. The molecule has 0 radical (unpaired) electrons. The first kappa shape index (κ1) is 15.1. The first-order chi connectivity index (χ1) is 9.13. The summed E-state index contributed by atoms with van der Waals surface area (Å²) in [6, 6.07) is 0. The number of hydrogen-bond acceptors (Lipinski definition) is 3. The Bertz CT molecular complexity index is 428. The van der Waals surface area contributed by atoms with Gasteiger partial charge in [-0.3, -0.25) is 9.59 Å². The number of hydrogen-bond donors (Lipinski definition) is 2. The van der Waals surface area contributed by atoms with E-state index in [1.54, 1.807) is 0 Å². The lowest BCUT2D eigenvalue weighted by Gasteiger charge is -2.45. The van der Waals surface area contributed by atoms with E-state index in [1.807, 2.05) is 0 Å². The van der Waals surface area contributed by atoms with Crippen LogP contribution in [0.2, 0.25) is 0 Å². The Labute approximate surface area is 114 Å². The van der Waals surface area contributed by atoms with Crippen LogP contribution in [0.3, 0.4) is 0 Å². The molecule has 0 aromatic heterocycles. The Morgan fingerprint density at radius 1 is 1.30 bits per heavy atom. The summed E-state index contributed by atoms with van der Waals surface area (Å²) in [6.07, 6.45) is -4.92. The van der Waals surface area contributed by atoms with Gasteiger partial charge < -0.3 is 15.5 Å². The minimum atomic E-state index is -4.63. The van der Waals surface area contributed by atoms with Gasteiger partial charge >= 0.3 is 6.18 Å². The van der Waals surface area contributed by atoms with Gasteiger partial charge in [0.25, 0.3) is 0 Å². The van der Waals surface area contributed by atoms with Crippen molar-refractivity contribution in [3.05, 3.63) is 0 Å². The molecule has 1 atom stereocenters. The molecular weight excluding hydrogens is 275 g/mol. The van der Waals surface area contributed by atoms with E-state index in [0.717, 1.165) is 4.90 Å². The molecule has 8 heteroatoms. The van der Waals surface area contributed by atoms with E-state index in [-0.39, 0.29) is 26.1 Å². The summed E-state index contributed by atoms with van der Waals surface area (Å²) in [5.74, 6) is -1.43. The second-order valence-electron chi connectivity index (χ2n) is 5.78. The topological polar surface area (TPSA) is 61.4 Å². The molecule has 2 aliphatic heterocycles. The minimum absolute atomic E-state index is 0.0927. The molecule has 0 spiro atoms. The standard InChI is InChI=1S/C12H18F3N3O2/c1-10(2)8(19)17-5-6-18(10)9(20)11(12(13,14)15)3-4-16-7-11/h16H,3-7H2,1-2H3,(H,17,19). The van der Waals surface area contributed by atoms with Crippen LogP contribution in [0.15, 0.2) is 0 Å². The molecule has 2 fully saturated rings. The van der Waals surface area contributed by atoms with Crippen molar-refractivity contribution in [2.24, 2.45) is 5.41 Å². The molecule has 2 saturated heterocycles. The lowest BCUT2D eigenvalue weighted by atomic mass is 9.82. The minimum Gasteiger partial charge on any atom is -0.352 e. The number of carbonyl (C=O) groups is 2. The second-order valence-corrected chi connectivity index (χ2v) is 5.78. The van der Waals surface area contributed by atoms with Crippen LogP contribution in [0.5, 0.6) is 0 Å². The van der Waals surface area contributed by atoms with Crippen LogP contribution in [0.1, 0.15) is 20.3 Å². The van der Waals surface area contributed by atoms with Crippen LogP contribution in [0.25, 0.3) is 0 Å². The smallest absolute Gasteiger partial charge is 0.352 e. The Balaban J connectivity index is 2.36. The SMILES string of the molecule is CC1(C)C(=O)NCCN1C(=O)C1(C(F)(F)F)CCNC1. The summed E-state index contributed by atoms with van der Waals surface area (Å²) in [5.41, 5.74) is -3.68. The van der Waals surface area contributed by atoms with Crippen LogP contribution < -0.4 is 10.6 Å². The largest absolute Gasteiger partial charge is 0.404 e. The van der Waals surface area contributed by atoms with Crippen molar-refractivity contribution in [1.29, 1.82) is 0 Å². The highest BCUT2D eigenvalue weighted by Crippen LogP contribution is 2.45. The zero-order valence-electron chi connectivity index (χ0n) is 11.4. The molecule has 5 nitrogen and oxygen atoms in total.